The molecule has 0 aromatic carbocycles. The second-order valence-corrected chi connectivity index (χ2v) is 9.71. The molecule has 0 aromatic heterocycles. The maximum absolute atomic E-state index is 11.4. The molecule has 0 saturated carbocycles. The van der Waals surface area contributed by atoms with Gasteiger partial charge in [0.1, 0.15) is 0 Å². The first-order valence-electron chi connectivity index (χ1n) is 3.52. The van der Waals surface area contributed by atoms with E-state index in [4.69, 9.17) is 4.52 Å². The molecular weight excluding hydrogens is 182 g/mol. The third-order valence-electron chi connectivity index (χ3n) is 1.000. The summed E-state index contributed by atoms with van der Waals surface area (Å²) in [7, 11) is -4.78. The van der Waals surface area contributed by atoms with Crippen LogP contribution in [0.3, 0.4) is 0 Å². The van der Waals surface area contributed by atoms with Crippen LogP contribution in [-0.4, -0.2) is 32.5 Å². The van der Waals surface area contributed by atoms with E-state index in [-0.39, 0.29) is 5.90 Å². The third kappa shape index (κ3) is 6.80. The van der Waals surface area contributed by atoms with E-state index >= 15 is 0 Å². The van der Waals surface area contributed by atoms with Gasteiger partial charge in [-0.1, -0.05) is 0 Å². The highest BCUT2D eigenvalue weighted by molar-refractivity contribution is 7.77. The Bertz CT molecular complexity index is 206. The third-order valence-corrected chi connectivity index (χ3v) is 6.58. The van der Waals surface area contributed by atoms with Gasteiger partial charge >= 0.3 is 0 Å². The SMILES string of the molecule is CCOP(C)(=O)CP(C)(C)=O. The molecule has 68 valence electrons. The van der Waals surface area contributed by atoms with Gasteiger partial charge in [-0.15, -0.1) is 0 Å². The van der Waals surface area contributed by atoms with Crippen molar-refractivity contribution < 1.29 is 13.7 Å². The number of rotatable bonds is 4. The van der Waals surface area contributed by atoms with Gasteiger partial charge in [0, 0.05) is 6.66 Å². The standard InChI is InChI=1S/C6H16O3P2/c1-5-9-11(4,8)6-10(2,3)7/h5-6H2,1-4H3. The van der Waals surface area contributed by atoms with Crippen LogP contribution in [0.4, 0.5) is 0 Å². The Hall–Kier alpha value is 0.420. The van der Waals surface area contributed by atoms with Gasteiger partial charge in [-0.3, -0.25) is 4.57 Å². The summed E-state index contributed by atoms with van der Waals surface area (Å²) < 4.78 is 27.7. The first kappa shape index (κ1) is 11.4. The van der Waals surface area contributed by atoms with Gasteiger partial charge in [0.2, 0.25) is 7.37 Å². The van der Waals surface area contributed by atoms with Crippen LogP contribution in [0.1, 0.15) is 6.92 Å². The number of hydrogen-bond donors (Lipinski definition) is 0. The predicted molar refractivity (Wildman–Crippen MR) is 49.5 cm³/mol. The van der Waals surface area contributed by atoms with Crippen molar-refractivity contribution in [3.63, 3.8) is 0 Å². The minimum atomic E-state index is -2.58. The summed E-state index contributed by atoms with van der Waals surface area (Å²) >= 11 is 0. The average Bonchev–Trinajstić information content (AvgIpc) is 1.55. The fourth-order valence-corrected chi connectivity index (χ4v) is 6.75. The Balaban J connectivity index is 4.14. The molecule has 1 atom stereocenters. The van der Waals surface area contributed by atoms with E-state index in [0.717, 1.165) is 0 Å². The van der Waals surface area contributed by atoms with Crippen molar-refractivity contribution in [1.29, 1.82) is 0 Å². The van der Waals surface area contributed by atoms with E-state index in [1.54, 1.807) is 20.3 Å². The van der Waals surface area contributed by atoms with Gasteiger partial charge in [-0.05, 0) is 20.3 Å². The van der Waals surface area contributed by atoms with Crippen LogP contribution in [0.25, 0.3) is 0 Å². The molecule has 0 rings (SSSR count). The molecule has 0 aromatic rings. The van der Waals surface area contributed by atoms with Crippen molar-refractivity contribution in [1.82, 2.24) is 0 Å². The summed E-state index contributed by atoms with van der Waals surface area (Å²) in [4.78, 5) is 0. The summed E-state index contributed by atoms with van der Waals surface area (Å²) in [5.74, 6) is 0.216. The van der Waals surface area contributed by atoms with Gasteiger partial charge in [-0.25, -0.2) is 0 Å². The first-order valence-corrected chi connectivity index (χ1v) is 8.56. The van der Waals surface area contributed by atoms with Gasteiger partial charge in [0.25, 0.3) is 0 Å². The molecule has 5 heteroatoms. The molecule has 0 spiro atoms. The van der Waals surface area contributed by atoms with Crippen molar-refractivity contribution in [3.8, 4) is 0 Å². The second kappa shape index (κ2) is 3.89. The van der Waals surface area contributed by atoms with Crippen LogP contribution in [0, 0.1) is 0 Å². The zero-order valence-electron chi connectivity index (χ0n) is 7.53. The smallest absolute Gasteiger partial charge is 0.207 e. The molecular formula is C6H16O3P2. The molecule has 0 heterocycles. The Morgan fingerprint density at radius 3 is 1.91 bits per heavy atom. The zero-order chi connectivity index (χ0) is 9.12. The van der Waals surface area contributed by atoms with Gasteiger partial charge in [-0.2, -0.15) is 0 Å². The second-order valence-electron chi connectivity index (χ2n) is 3.15. The lowest BCUT2D eigenvalue weighted by Crippen LogP contribution is -1.93. The van der Waals surface area contributed by atoms with Gasteiger partial charge in [0.15, 0.2) is 0 Å². The fraction of sp³-hybridized carbons (Fsp3) is 1.00. The predicted octanol–water partition coefficient (Wildman–Crippen LogP) is 2.51. The lowest BCUT2D eigenvalue weighted by molar-refractivity contribution is 0.340. The van der Waals surface area contributed by atoms with Crippen LogP contribution in [0.2, 0.25) is 0 Å². The monoisotopic (exact) mass is 198 g/mol. The highest BCUT2D eigenvalue weighted by atomic mass is 31.2. The quantitative estimate of drug-likeness (QED) is 0.652. The summed E-state index contributed by atoms with van der Waals surface area (Å²) in [6, 6.07) is 0. The minimum absolute atomic E-state index is 0.216. The van der Waals surface area contributed by atoms with E-state index in [1.165, 1.54) is 6.66 Å². The maximum atomic E-state index is 11.4. The van der Waals surface area contributed by atoms with Crippen LogP contribution >= 0.6 is 14.5 Å². The summed E-state index contributed by atoms with van der Waals surface area (Å²) in [5, 5.41) is 0. The molecule has 0 aliphatic rings. The van der Waals surface area contributed by atoms with Crippen molar-refractivity contribution in [2.45, 2.75) is 6.92 Å². The molecule has 0 amide bonds. The average molecular weight is 198 g/mol. The lowest BCUT2D eigenvalue weighted by Gasteiger charge is -2.14. The molecule has 0 saturated heterocycles. The van der Waals surface area contributed by atoms with E-state index in [1.807, 2.05) is 0 Å². The normalized spacial score (nSPS) is 17.8. The van der Waals surface area contributed by atoms with E-state index in [9.17, 15) is 9.13 Å². The molecule has 1 unspecified atom stereocenters. The Labute approximate surface area is 68.3 Å². The molecule has 0 aliphatic carbocycles. The van der Waals surface area contributed by atoms with E-state index in [0.29, 0.717) is 6.61 Å². The zero-order valence-corrected chi connectivity index (χ0v) is 9.32. The summed E-state index contributed by atoms with van der Waals surface area (Å²) in [6.45, 7) is 7.00. The Kier molecular flexibility index (Phi) is 4.04. The highest BCUT2D eigenvalue weighted by Gasteiger charge is 2.22. The largest absolute Gasteiger partial charge is 0.329 e. The van der Waals surface area contributed by atoms with Gasteiger partial charge in [0.05, 0.1) is 19.7 Å². The summed E-state index contributed by atoms with van der Waals surface area (Å²) in [5.41, 5.74) is 0. The van der Waals surface area contributed by atoms with Crippen molar-refractivity contribution in [3.05, 3.63) is 0 Å². The molecule has 0 N–H and O–H groups in total. The molecule has 0 aliphatic heterocycles. The minimum Gasteiger partial charge on any atom is -0.329 e. The van der Waals surface area contributed by atoms with Crippen LogP contribution in [-0.2, 0) is 13.7 Å². The van der Waals surface area contributed by atoms with E-state index in [2.05, 4.69) is 0 Å². The lowest BCUT2D eigenvalue weighted by atomic mass is 10.9. The Morgan fingerprint density at radius 2 is 1.64 bits per heavy atom. The molecule has 0 radical (unpaired) electrons. The van der Waals surface area contributed by atoms with Crippen LogP contribution in [0.15, 0.2) is 0 Å². The summed E-state index contributed by atoms with van der Waals surface area (Å²) in [6.07, 6.45) is 0. The van der Waals surface area contributed by atoms with Crippen LogP contribution < -0.4 is 0 Å². The van der Waals surface area contributed by atoms with Crippen molar-refractivity contribution in [2.75, 3.05) is 32.5 Å². The van der Waals surface area contributed by atoms with Crippen molar-refractivity contribution >= 4 is 14.5 Å². The van der Waals surface area contributed by atoms with Gasteiger partial charge < -0.3 is 9.09 Å². The Morgan fingerprint density at radius 1 is 1.18 bits per heavy atom. The maximum Gasteiger partial charge on any atom is 0.207 e. The van der Waals surface area contributed by atoms with Crippen molar-refractivity contribution in [2.24, 2.45) is 0 Å². The highest BCUT2D eigenvalue weighted by Crippen LogP contribution is 2.56. The number of hydrogen-bond acceptors (Lipinski definition) is 3. The molecule has 0 bridgehead atoms. The van der Waals surface area contributed by atoms with Crippen LogP contribution in [0.5, 0.6) is 0 Å². The fourth-order valence-electron chi connectivity index (χ4n) is 0.933. The topological polar surface area (TPSA) is 43.4 Å². The molecule has 0 fully saturated rings. The van der Waals surface area contributed by atoms with E-state index < -0.39 is 14.5 Å². The molecule has 3 nitrogen and oxygen atoms in total. The molecule has 11 heavy (non-hydrogen) atoms. The first-order chi connectivity index (χ1) is 4.77.